The van der Waals surface area contributed by atoms with Gasteiger partial charge in [0.05, 0.1) is 0 Å². The van der Waals surface area contributed by atoms with Crippen LogP contribution < -0.4 is 11.5 Å². The van der Waals surface area contributed by atoms with Crippen molar-refractivity contribution in [2.24, 2.45) is 11.5 Å². The predicted molar refractivity (Wildman–Crippen MR) is 76.5 cm³/mol. The summed E-state index contributed by atoms with van der Waals surface area (Å²) in [5.41, 5.74) is 14.5. The quantitative estimate of drug-likeness (QED) is 0.843. The average molecular weight is 240 g/mol. The predicted octanol–water partition coefficient (Wildman–Crippen LogP) is 2.47. The Bertz CT molecular complexity index is 408. The van der Waals surface area contributed by atoms with Crippen molar-refractivity contribution in [3.05, 3.63) is 71.8 Å². The summed E-state index contributed by atoms with van der Waals surface area (Å²) in [6.45, 7) is 1.22. The molecule has 0 saturated heterocycles. The second kappa shape index (κ2) is 6.34. The van der Waals surface area contributed by atoms with Crippen molar-refractivity contribution in [3.8, 4) is 0 Å². The maximum Gasteiger partial charge on any atom is 0.00420 e. The van der Waals surface area contributed by atoms with E-state index in [1.165, 1.54) is 11.1 Å². The summed E-state index contributed by atoms with van der Waals surface area (Å²) < 4.78 is 0. The van der Waals surface area contributed by atoms with E-state index in [1.54, 1.807) is 0 Å². The normalized spacial score (nSPS) is 14.1. The fraction of sp³-hybridized carbons (Fsp3) is 0.250. The van der Waals surface area contributed by atoms with Crippen LogP contribution in [0.25, 0.3) is 0 Å². The second-order valence-electron chi connectivity index (χ2n) is 4.51. The zero-order chi connectivity index (χ0) is 12.8. The molecule has 4 N–H and O–H groups in total. The highest BCUT2D eigenvalue weighted by molar-refractivity contribution is 5.29. The van der Waals surface area contributed by atoms with Crippen molar-refractivity contribution >= 4 is 0 Å². The van der Waals surface area contributed by atoms with Gasteiger partial charge in [-0.1, -0.05) is 60.7 Å². The van der Waals surface area contributed by atoms with Crippen molar-refractivity contribution in [1.82, 2.24) is 0 Å². The highest BCUT2D eigenvalue weighted by Crippen LogP contribution is 2.31. The van der Waals surface area contributed by atoms with Crippen molar-refractivity contribution in [2.75, 3.05) is 13.1 Å². The number of hydrogen-bond donors (Lipinski definition) is 2. The van der Waals surface area contributed by atoms with Crippen molar-refractivity contribution in [1.29, 1.82) is 0 Å². The SMILES string of the molecule is NCC(c1ccccc1)C(CN)c1ccccc1. The van der Waals surface area contributed by atoms with E-state index < -0.39 is 0 Å². The van der Waals surface area contributed by atoms with Gasteiger partial charge in [-0.3, -0.25) is 0 Å². The smallest absolute Gasteiger partial charge is 0.00420 e. The third-order valence-electron chi connectivity index (χ3n) is 3.45. The largest absolute Gasteiger partial charge is 0.330 e. The van der Waals surface area contributed by atoms with Crippen LogP contribution in [-0.4, -0.2) is 13.1 Å². The molecular weight excluding hydrogens is 220 g/mol. The first kappa shape index (κ1) is 12.8. The lowest BCUT2D eigenvalue weighted by Crippen LogP contribution is -2.26. The van der Waals surface area contributed by atoms with Gasteiger partial charge in [0.1, 0.15) is 0 Å². The zero-order valence-corrected chi connectivity index (χ0v) is 10.5. The van der Waals surface area contributed by atoms with Crippen LogP contribution in [-0.2, 0) is 0 Å². The second-order valence-corrected chi connectivity index (χ2v) is 4.51. The van der Waals surface area contributed by atoms with Gasteiger partial charge in [0, 0.05) is 11.8 Å². The molecule has 0 amide bonds. The summed E-state index contributed by atoms with van der Waals surface area (Å²) in [6.07, 6.45) is 0. The monoisotopic (exact) mass is 240 g/mol. The van der Waals surface area contributed by atoms with E-state index in [9.17, 15) is 0 Å². The number of benzene rings is 2. The van der Waals surface area contributed by atoms with Crippen molar-refractivity contribution < 1.29 is 0 Å². The Balaban J connectivity index is 2.31. The fourth-order valence-electron chi connectivity index (χ4n) is 2.47. The van der Waals surface area contributed by atoms with Crippen molar-refractivity contribution in [2.45, 2.75) is 11.8 Å². The van der Waals surface area contributed by atoms with Gasteiger partial charge in [0.15, 0.2) is 0 Å². The Labute approximate surface area is 109 Å². The van der Waals surface area contributed by atoms with E-state index >= 15 is 0 Å². The fourth-order valence-corrected chi connectivity index (χ4v) is 2.47. The van der Waals surface area contributed by atoms with Gasteiger partial charge in [-0.2, -0.15) is 0 Å². The summed E-state index contributed by atoms with van der Waals surface area (Å²) in [4.78, 5) is 0. The minimum Gasteiger partial charge on any atom is -0.330 e. The van der Waals surface area contributed by atoms with E-state index in [0.717, 1.165) is 0 Å². The van der Waals surface area contributed by atoms with Gasteiger partial charge in [-0.15, -0.1) is 0 Å². The van der Waals surface area contributed by atoms with E-state index in [4.69, 9.17) is 11.5 Å². The molecule has 0 aromatic heterocycles. The summed E-state index contributed by atoms with van der Waals surface area (Å²) in [6, 6.07) is 20.8. The molecule has 0 heterocycles. The molecule has 2 nitrogen and oxygen atoms in total. The molecule has 18 heavy (non-hydrogen) atoms. The first-order valence-corrected chi connectivity index (χ1v) is 6.37. The minimum absolute atomic E-state index is 0.276. The van der Waals surface area contributed by atoms with E-state index in [-0.39, 0.29) is 11.8 Å². The summed E-state index contributed by atoms with van der Waals surface area (Å²) >= 11 is 0. The molecule has 2 atom stereocenters. The Morgan fingerprint density at radius 2 is 0.944 bits per heavy atom. The van der Waals surface area contributed by atoms with Gasteiger partial charge in [-0.25, -0.2) is 0 Å². The van der Waals surface area contributed by atoms with E-state index in [0.29, 0.717) is 13.1 Å². The van der Waals surface area contributed by atoms with Crippen LogP contribution in [0, 0.1) is 0 Å². The molecule has 0 spiro atoms. The van der Waals surface area contributed by atoms with E-state index in [2.05, 4.69) is 48.5 Å². The molecule has 0 aliphatic heterocycles. The molecular formula is C16H20N2. The molecule has 0 aliphatic carbocycles. The molecule has 2 rings (SSSR count). The van der Waals surface area contributed by atoms with Crippen LogP contribution in [0.2, 0.25) is 0 Å². The highest BCUT2D eigenvalue weighted by Gasteiger charge is 2.21. The zero-order valence-electron chi connectivity index (χ0n) is 10.5. The van der Waals surface area contributed by atoms with Crippen LogP contribution in [0.5, 0.6) is 0 Å². The van der Waals surface area contributed by atoms with E-state index in [1.807, 2.05) is 12.1 Å². The molecule has 0 radical (unpaired) electrons. The van der Waals surface area contributed by atoms with Gasteiger partial charge >= 0.3 is 0 Å². The lowest BCUT2D eigenvalue weighted by molar-refractivity contribution is 0.553. The van der Waals surface area contributed by atoms with Crippen LogP contribution in [0.4, 0.5) is 0 Å². The Morgan fingerprint density at radius 1 is 0.611 bits per heavy atom. The summed E-state index contributed by atoms with van der Waals surface area (Å²) in [7, 11) is 0. The van der Waals surface area contributed by atoms with Crippen LogP contribution in [0.15, 0.2) is 60.7 Å². The molecule has 0 fully saturated rings. The third-order valence-corrected chi connectivity index (χ3v) is 3.45. The highest BCUT2D eigenvalue weighted by atomic mass is 14.6. The maximum absolute atomic E-state index is 5.96. The molecule has 94 valence electrons. The molecule has 0 saturated carbocycles. The Kier molecular flexibility index (Phi) is 4.51. The molecule has 2 heteroatoms. The lowest BCUT2D eigenvalue weighted by Gasteiger charge is -2.25. The lowest BCUT2D eigenvalue weighted by atomic mass is 9.81. The van der Waals surface area contributed by atoms with Crippen LogP contribution in [0.1, 0.15) is 23.0 Å². The molecule has 0 aliphatic rings. The van der Waals surface area contributed by atoms with Crippen LogP contribution in [0.3, 0.4) is 0 Å². The number of hydrogen-bond acceptors (Lipinski definition) is 2. The van der Waals surface area contributed by atoms with Gasteiger partial charge in [0.2, 0.25) is 0 Å². The molecule has 0 bridgehead atoms. The standard InChI is InChI=1S/C16H20N2/c17-11-15(13-7-3-1-4-8-13)16(12-18)14-9-5-2-6-10-14/h1-10,15-16H,11-12,17-18H2. The van der Waals surface area contributed by atoms with Gasteiger partial charge in [-0.05, 0) is 24.2 Å². The molecule has 2 aromatic rings. The third kappa shape index (κ3) is 2.78. The first-order valence-electron chi connectivity index (χ1n) is 6.37. The number of nitrogens with two attached hydrogens (primary N) is 2. The van der Waals surface area contributed by atoms with Gasteiger partial charge < -0.3 is 11.5 Å². The average Bonchev–Trinajstić information content (AvgIpc) is 2.46. The maximum atomic E-state index is 5.96. The first-order chi connectivity index (χ1) is 8.86. The number of rotatable bonds is 5. The van der Waals surface area contributed by atoms with Gasteiger partial charge in [0.25, 0.3) is 0 Å². The molecule has 2 aromatic carbocycles. The Morgan fingerprint density at radius 3 is 1.22 bits per heavy atom. The minimum atomic E-state index is 0.276. The topological polar surface area (TPSA) is 52.0 Å². The molecule has 2 unspecified atom stereocenters. The van der Waals surface area contributed by atoms with Crippen molar-refractivity contribution in [3.63, 3.8) is 0 Å². The Hall–Kier alpha value is -1.64. The summed E-state index contributed by atoms with van der Waals surface area (Å²) in [5.74, 6) is 0.553. The van der Waals surface area contributed by atoms with Crippen LogP contribution >= 0.6 is 0 Å². The summed E-state index contributed by atoms with van der Waals surface area (Å²) in [5, 5.41) is 0.